The zero-order valence-electron chi connectivity index (χ0n) is 7.58. The number of aliphatic hydroxyl groups excluding tert-OH is 1. The molecule has 0 aromatic rings. The second-order valence-corrected chi connectivity index (χ2v) is 3.48. The monoisotopic (exact) mass is 172 g/mol. The molecule has 1 amide bonds. The summed E-state index contributed by atoms with van der Waals surface area (Å²) >= 11 is 0. The lowest BCUT2D eigenvalue weighted by Crippen LogP contribution is -2.28. The van der Waals surface area contributed by atoms with Crippen LogP contribution in [0.1, 0.15) is 6.42 Å². The smallest absolute Gasteiger partial charge is 0.222 e. The predicted octanol–water partition coefficient (Wildman–Crippen LogP) is -0.955. The normalized spacial score (nSPS) is 28.9. The van der Waals surface area contributed by atoms with Crippen LogP contribution in [-0.2, 0) is 4.79 Å². The molecule has 0 saturated carbocycles. The van der Waals surface area contributed by atoms with Crippen LogP contribution in [-0.4, -0.2) is 49.2 Å². The minimum absolute atomic E-state index is 0.0859. The Bertz CT molecular complexity index is 170. The minimum atomic E-state index is -0.353. The maximum atomic E-state index is 11.2. The maximum absolute atomic E-state index is 11.2. The molecule has 0 bridgehead atoms. The van der Waals surface area contributed by atoms with Crippen LogP contribution in [0.3, 0.4) is 0 Å². The van der Waals surface area contributed by atoms with Crippen molar-refractivity contribution in [3.8, 4) is 0 Å². The van der Waals surface area contributed by atoms with Crippen LogP contribution in [0, 0.1) is 5.92 Å². The quantitative estimate of drug-likeness (QED) is 0.564. The first kappa shape index (κ1) is 9.48. The Labute approximate surface area is 72.6 Å². The van der Waals surface area contributed by atoms with Crippen molar-refractivity contribution in [3.05, 3.63) is 0 Å². The van der Waals surface area contributed by atoms with Gasteiger partial charge in [0.15, 0.2) is 0 Å². The molecule has 0 aromatic carbocycles. The van der Waals surface area contributed by atoms with Crippen LogP contribution in [0.5, 0.6) is 0 Å². The van der Waals surface area contributed by atoms with Gasteiger partial charge in [0.2, 0.25) is 5.91 Å². The molecule has 0 aliphatic carbocycles. The molecule has 1 fully saturated rings. The fourth-order valence-electron chi connectivity index (χ4n) is 1.33. The average molecular weight is 172 g/mol. The van der Waals surface area contributed by atoms with Crippen LogP contribution in [0.25, 0.3) is 0 Å². The molecule has 70 valence electrons. The van der Waals surface area contributed by atoms with Crippen LogP contribution >= 0.6 is 0 Å². The Balaban J connectivity index is 2.35. The zero-order chi connectivity index (χ0) is 9.14. The van der Waals surface area contributed by atoms with E-state index in [1.807, 2.05) is 0 Å². The summed E-state index contributed by atoms with van der Waals surface area (Å²) in [6.07, 6.45) is 0.0927. The molecule has 2 N–H and O–H groups in total. The fourth-order valence-corrected chi connectivity index (χ4v) is 1.33. The van der Waals surface area contributed by atoms with E-state index in [4.69, 9.17) is 0 Å². The van der Waals surface area contributed by atoms with Gasteiger partial charge in [-0.3, -0.25) is 4.79 Å². The number of hydrogen-bond donors (Lipinski definition) is 2. The number of amides is 1. The van der Waals surface area contributed by atoms with Gasteiger partial charge in [-0.05, 0) is 0 Å². The summed E-state index contributed by atoms with van der Waals surface area (Å²) in [7, 11) is 3.47. The molecule has 4 nitrogen and oxygen atoms in total. The van der Waals surface area contributed by atoms with Gasteiger partial charge in [-0.1, -0.05) is 0 Å². The van der Waals surface area contributed by atoms with Gasteiger partial charge in [-0.15, -0.1) is 0 Å². The van der Waals surface area contributed by atoms with Crippen molar-refractivity contribution in [1.82, 2.24) is 10.2 Å². The molecule has 12 heavy (non-hydrogen) atoms. The Hall–Kier alpha value is -0.610. The van der Waals surface area contributed by atoms with E-state index in [9.17, 15) is 9.90 Å². The number of nitrogens with one attached hydrogen (secondary N) is 1. The topological polar surface area (TPSA) is 52.6 Å². The van der Waals surface area contributed by atoms with Crippen molar-refractivity contribution in [3.63, 3.8) is 0 Å². The summed E-state index contributed by atoms with van der Waals surface area (Å²) in [6.45, 7) is 1.37. The first-order valence-electron chi connectivity index (χ1n) is 4.20. The number of nitrogens with zero attached hydrogens (tertiary/aromatic N) is 1. The molecule has 0 aromatic heterocycles. The van der Waals surface area contributed by atoms with E-state index in [-0.39, 0.29) is 17.9 Å². The van der Waals surface area contributed by atoms with Crippen LogP contribution < -0.4 is 5.32 Å². The predicted molar refractivity (Wildman–Crippen MR) is 45.7 cm³/mol. The number of rotatable bonds is 2. The molecule has 4 heteroatoms. The molecule has 1 aliphatic heterocycles. The van der Waals surface area contributed by atoms with E-state index in [1.165, 1.54) is 0 Å². The van der Waals surface area contributed by atoms with Crippen LogP contribution in [0.2, 0.25) is 0 Å². The molecule has 0 spiro atoms. The Morgan fingerprint density at radius 3 is 2.67 bits per heavy atom. The summed E-state index contributed by atoms with van der Waals surface area (Å²) in [5, 5.41) is 12.4. The average Bonchev–Trinajstić information content (AvgIpc) is 2.36. The highest BCUT2D eigenvalue weighted by atomic mass is 16.3. The molecule has 1 rings (SSSR count). The number of hydrogen-bond acceptors (Lipinski definition) is 3. The van der Waals surface area contributed by atoms with Crippen molar-refractivity contribution >= 4 is 5.91 Å². The number of carbonyl (C=O) groups excluding carboxylic acids is 1. The number of carbonyl (C=O) groups is 1. The SMILES string of the molecule is CN(C)C(=O)C[C@@H]1CNC[C@H]1O. The van der Waals surface area contributed by atoms with E-state index in [0.29, 0.717) is 13.0 Å². The highest BCUT2D eigenvalue weighted by molar-refractivity contribution is 5.75. The lowest BCUT2D eigenvalue weighted by Gasteiger charge is -2.15. The third kappa shape index (κ3) is 2.19. The lowest BCUT2D eigenvalue weighted by atomic mass is 10.0. The second kappa shape index (κ2) is 3.87. The minimum Gasteiger partial charge on any atom is -0.391 e. The van der Waals surface area contributed by atoms with Gasteiger partial charge in [0.1, 0.15) is 0 Å². The van der Waals surface area contributed by atoms with Gasteiger partial charge in [0.05, 0.1) is 6.10 Å². The molecule has 0 unspecified atom stereocenters. The molecule has 1 saturated heterocycles. The first-order chi connectivity index (χ1) is 5.61. The Morgan fingerprint density at radius 2 is 2.25 bits per heavy atom. The van der Waals surface area contributed by atoms with E-state index in [0.717, 1.165) is 6.54 Å². The molecule has 2 atom stereocenters. The molecular weight excluding hydrogens is 156 g/mol. The lowest BCUT2D eigenvalue weighted by molar-refractivity contribution is -0.130. The van der Waals surface area contributed by atoms with E-state index in [2.05, 4.69) is 5.32 Å². The van der Waals surface area contributed by atoms with Gasteiger partial charge in [-0.25, -0.2) is 0 Å². The van der Waals surface area contributed by atoms with Gasteiger partial charge in [-0.2, -0.15) is 0 Å². The van der Waals surface area contributed by atoms with E-state index in [1.54, 1.807) is 19.0 Å². The second-order valence-electron chi connectivity index (χ2n) is 3.48. The van der Waals surface area contributed by atoms with Crippen molar-refractivity contribution in [2.75, 3.05) is 27.2 Å². The van der Waals surface area contributed by atoms with Crippen molar-refractivity contribution < 1.29 is 9.90 Å². The fraction of sp³-hybridized carbons (Fsp3) is 0.875. The molecule has 0 radical (unpaired) electrons. The Kier molecular flexibility index (Phi) is 3.05. The summed E-state index contributed by atoms with van der Waals surface area (Å²) in [5.41, 5.74) is 0. The maximum Gasteiger partial charge on any atom is 0.222 e. The van der Waals surface area contributed by atoms with Crippen LogP contribution in [0.15, 0.2) is 0 Å². The third-order valence-electron chi connectivity index (χ3n) is 2.24. The van der Waals surface area contributed by atoms with Crippen molar-refractivity contribution in [2.24, 2.45) is 5.92 Å². The summed E-state index contributed by atoms with van der Waals surface area (Å²) < 4.78 is 0. The number of aliphatic hydroxyl groups is 1. The highest BCUT2D eigenvalue weighted by Gasteiger charge is 2.27. The summed E-state index contributed by atoms with van der Waals surface area (Å²) in [4.78, 5) is 12.8. The zero-order valence-corrected chi connectivity index (χ0v) is 7.58. The summed E-state index contributed by atoms with van der Waals surface area (Å²) in [5.74, 6) is 0.183. The van der Waals surface area contributed by atoms with Crippen molar-refractivity contribution in [1.29, 1.82) is 0 Å². The largest absolute Gasteiger partial charge is 0.391 e. The van der Waals surface area contributed by atoms with Gasteiger partial charge in [0, 0.05) is 39.5 Å². The van der Waals surface area contributed by atoms with E-state index < -0.39 is 0 Å². The molecular formula is C8H16N2O2. The van der Waals surface area contributed by atoms with Crippen LogP contribution in [0.4, 0.5) is 0 Å². The molecule has 1 aliphatic rings. The van der Waals surface area contributed by atoms with Gasteiger partial charge < -0.3 is 15.3 Å². The van der Waals surface area contributed by atoms with Gasteiger partial charge in [0.25, 0.3) is 0 Å². The standard InChI is InChI=1S/C8H16N2O2/c1-10(2)8(12)3-6-4-9-5-7(6)11/h6-7,9,11H,3-5H2,1-2H3/t6-,7-/m1/s1. The van der Waals surface area contributed by atoms with Gasteiger partial charge >= 0.3 is 0 Å². The third-order valence-corrected chi connectivity index (χ3v) is 2.24. The molecule has 1 heterocycles. The van der Waals surface area contributed by atoms with E-state index >= 15 is 0 Å². The highest BCUT2D eigenvalue weighted by Crippen LogP contribution is 2.13. The first-order valence-corrected chi connectivity index (χ1v) is 4.20. The van der Waals surface area contributed by atoms with Crippen molar-refractivity contribution in [2.45, 2.75) is 12.5 Å². The number of β-amino-alcohol motifs (C(OH)–C–C–N with tert-alkyl or cyclic N) is 1. The summed E-state index contributed by atoms with van der Waals surface area (Å²) in [6, 6.07) is 0. The Morgan fingerprint density at radius 1 is 1.58 bits per heavy atom.